The van der Waals surface area contributed by atoms with Gasteiger partial charge in [0, 0.05) is 30.1 Å². The van der Waals surface area contributed by atoms with Crippen LogP contribution in [-0.4, -0.2) is 18.6 Å². The van der Waals surface area contributed by atoms with Crippen LogP contribution in [0.1, 0.15) is 65.9 Å². The van der Waals surface area contributed by atoms with Crippen LogP contribution < -0.4 is 10.0 Å². The lowest BCUT2D eigenvalue weighted by Crippen LogP contribution is -2.51. The third-order valence-corrected chi connectivity index (χ3v) is 6.82. The molecule has 0 bridgehead atoms. The Bertz CT molecular complexity index is 776. The van der Waals surface area contributed by atoms with Crippen molar-refractivity contribution >= 4 is 11.7 Å². The highest BCUT2D eigenvalue weighted by molar-refractivity contribution is 5.88. The minimum atomic E-state index is -1.05. The smallest absolute Gasteiger partial charge is 0.0715 e. The maximum Gasteiger partial charge on any atom is 0.0715 e. The summed E-state index contributed by atoms with van der Waals surface area (Å²) in [6.07, 6.45) is 13.8. The van der Waals surface area contributed by atoms with Gasteiger partial charge in [0.2, 0.25) is 0 Å². The molecular formula is C22H24NO2-. The number of anilines is 1. The number of fused-ring (bicyclic) bond motifs is 4. The summed E-state index contributed by atoms with van der Waals surface area (Å²) < 4.78 is 0. The molecule has 5 atom stereocenters. The van der Waals surface area contributed by atoms with Gasteiger partial charge in [-0.25, -0.2) is 0 Å². The summed E-state index contributed by atoms with van der Waals surface area (Å²) in [7, 11) is 0. The molecule has 0 N–H and O–H groups in total. The molecule has 0 saturated carbocycles. The molecule has 0 aromatic heterocycles. The van der Waals surface area contributed by atoms with Crippen LogP contribution in [0.15, 0.2) is 36.4 Å². The van der Waals surface area contributed by atoms with Crippen molar-refractivity contribution < 1.29 is 9.90 Å². The first-order chi connectivity index (χ1) is 12.2. The maximum absolute atomic E-state index is 11.6. The van der Waals surface area contributed by atoms with Crippen LogP contribution in [0, 0.1) is 11.8 Å². The molecule has 4 aliphatic rings. The average molecular weight is 334 g/mol. The molecular weight excluding hydrogens is 310 g/mol. The fourth-order valence-electron chi connectivity index (χ4n) is 5.83. The van der Waals surface area contributed by atoms with E-state index in [1.54, 1.807) is 0 Å². The zero-order valence-electron chi connectivity index (χ0n) is 14.7. The van der Waals surface area contributed by atoms with E-state index >= 15 is 0 Å². The van der Waals surface area contributed by atoms with Crippen LogP contribution in [0.3, 0.4) is 0 Å². The second kappa shape index (κ2) is 5.48. The van der Waals surface area contributed by atoms with Crippen LogP contribution in [0.5, 0.6) is 0 Å². The number of benzene rings is 1. The molecule has 0 spiro atoms. The maximum atomic E-state index is 11.6. The standard InChI is InChI=1S/C22H25NO2/c1-2-5-20-17-9-4-8-16(17)19-11-14(22(24)25)10-18-15-7-3-6-13(15)12-23(20)21(18)19/h3-4,7-8,10-11,13,15-17,20H,2,5-6,9,12H2,1H3,(H,24,25)/p-1/t13-,15+,16+,17+,20+/m1/s1. The lowest BCUT2D eigenvalue weighted by atomic mass is 9.71. The highest BCUT2D eigenvalue weighted by Gasteiger charge is 2.46. The van der Waals surface area contributed by atoms with Gasteiger partial charge in [-0.1, -0.05) is 37.6 Å². The number of aromatic carboxylic acids is 1. The summed E-state index contributed by atoms with van der Waals surface area (Å²) >= 11 is 0. The molecule has 0 unspecified atom stereocenters. The number of hydrogen-bond acceptors (Lipinski definition) is 3. The Balaban J connectivity index is 1.74. The number of carbonyl (C=O) groups is 1. The largest absolute Gasteiger partial charge is 0.545 e. The van der Waals surface area contributed by atoms with E-state index in [1.807, 2.05) is 12.1 Å². The van der Waals surface area contributed by atoms with Gasteiger partial charge in [-0.3, -0.25) is 0 Å². The summed E-state index contributed by atoms with van der Waals surface area (Å²) in [5.74, 6) is 0.853. The minimum absolute atomic E-state index is 0.350. The van der Waals surface area contributed by atoms with Crippen molar-refractivity contribution in [3.63, 3.8) is 0 Å². The van der Waals surface area contributed by atoms with Gasteiger partial charge >= 0.3 is 0 Å². The first-order valence-electron chi connectivity index (χ1n) is 9.68. The van der Waals surface area contributed by atoms with Gasteiger partial charge in [0.15, 0.2) is 0 Å². The molecule has 1 aromatic carbocycles. The molecule has 2 aliphatic heterocycles. The Hall–Kier alpha value is -2.03. The zero-order valence-corrected chi connectivity index (χ0v) is 14.7. The van der Waals surface area contributed by atoms with E-state index in [9.17, 15) is 9.90 Å². The van der Waals surface area contributed by atoms with Gasteiger partial charge in [-0.05, 0) is 59.9 Å². The first kappa shape index (κ1) is 15.2. The fraction of sp³-hybridized carbons (Fsp3) is 0.500. The Morgan fingerprint density at radius 2 is 1.88 bits per heavy atom. The van der Waals surface area contributed by atoms with E-state index in [4.69, 9.17) is 0 Å². The zero-order chi connectivity index (χ0) is 17.1. The molecule has 0 fully saturated rings. The van der Waals surface area contributed by atoms with Crippen LogP contribution >= 0.6 is 0 Å². The first-order valence-corrected chi connectivity index (χ1v) is 9.68. The van der Waals surface area contributed by atoms with Crippen molar-refractivity contribution in [1.82, 2.24) is 0 Å². The second-order valence-electron chi connectivity index (χ2n) is 8.10. The molecule has 2 heterocycles. The fourth-order valence-corrected chi connectivity index (χ4v) is 5.83. The van der Waals surface area contributed by atoms with Crippen molar-refractivity contribution in [1.29, 1.82) is 0 Å². The summed E-state index contributed by atoms with van der Waals surface area (Å²) in [5, 5.41) is 11.6. The SMILES string of the molecule is CCC[C@H]1[C@H]2CC=C[C@@H]2c2cc(C(=O)[O-])cc3c2N1C[C@H]1CC=C[C@H]31. The summed E-state index contributed by atoms with van der Waals surface area (Å²) in [6, 6.07) is 4.37. The normalized spacial score (nSPS) is 34.0. The molecule has 3 heteroatoms. The van der Waals surface area contributed by atoms with Crippen LogP contribution in [-0.2, 0) is 0 Å². The second-order valence-corrected chi connectivity index (χ2v) is 8.10. The molecule has 130 valence electrons. The molecule has 2 aliphatic carbocycles. The average Bonchev–Trinajstić information content (AvgIpc) is 3.26. The van der Waals surface area contributed by atoms with Gasteiger partial charge < -0.3 is 14.8 Å². The summed E-state index contributed by atoms with van der Waals surface area (Å²) in [5.41, 5.74) is 4.13. The Labute approximate surface area is 149 Å². The van der Waals surface area contributed by atoms with Gasteiger partial charge in [0.25, 0.3) is 0 Å². The van der Waals surface area contributed by atoms with Crippen molar-refractivity contribution in [2.45, 2.75) is 50.5 Å². The molecule has 0 saturated heterocycles. The molecule has 0 amide bonds. The molecule has 25 heavy (non-hydrogen) atoms. The molecule has 3 nitrogen and oxygen atoms in total. The number of allylic oxidation sites excluding steroid dienone is 4. The van der Waals surface area contributed by atoms with Crippen LogP contribution in [0.2, 0.25) is 0 Å². The molecule has 0 radical (unpaired) electrons. The van der Waals surface area contributed by atoms with Gasteiger partial charge in [0.05, 0.1) is 5.97 Å². The predicted molar refractivity (Wildman–Crippen MR) is 96.8 cm³/mol. The van der Waals surface area contributed by atoms with E-state index in [2.05, 4.69) is 36.1 Å². The topological polar surface area (TPSA) is 43.4 Å². The lowest BCUT2D eigenvalue weighted by molar-refractivity contribution is -0.255. The number of rotatable bonds is 3. The highest BCUT2D eigenvalue weighted by atomic mass is 16.4. The monoisotopic (exact) mass is 334 g/mol. The van der Waals surface area contributed by atoms with E-state index in [0.717, 1.165) is 19.4 Å². The van der Waals surface area contributed by atoms with Crippen molar-refractivity contribution in [3.05, 3.63) is 53.1 Å². The van der Waals surface area contributed by atoms with Crippen molar-refractivity contribution in [2.24, 2.45) is 11.8 Å². The third-order valence-electron chi connectivity index (χ3n) is 6.82. The number of carboxylic acids is 1. The van der Waals surface area contributed by atoms with Crippen molar-refractivity contribution in [2.75, 3.05) is 11.4 Å². The van der Waals surface area contributed by atoms with E-state index < -0.39 is 5.97 Å². The van der Waals surface area contributed by atoms with E-state index in [0.29, 0.717) is 35.3 Å². The number of carboxylic acid groups (broad SMARTS) is 1. The Morgan fingerprint density at radius 1 is 1.16 bits per heavy atom. The van der Waals surface area contributed by atoms with Crippen LogP contribution in [0.25, 0.3) is 0 Å². The van der Waals surface area contributed by atoms with Crippen LogP contribution in [0.4, 0.5) is 5.69 Å². The van der Waals surface area contributed by atoms with Gasteiger partial charge in [-0.2, -0.15) is 0 Å². The minimum Gasteiger partial charge on any atom is -0.545 e. The van der Waals surface area contributed by atoms with E-state index in [-0.39, 0.29) is 0 Å². The lowest BCUT2D eigenvalue weighted by Gasteiger charge is -2.51. The Morgan fingerprint density at radius 3 is 2.64 bits per heavy atom. The predicted octanol–water partition coefficient (Wildman–Crippen LogP) is 3.37. The quantitative estimate of drug-likeness (QED) is 0.796. The summed E-state index contributed by atoms with van der Waals surface area (Å²) in [6.45, 7) is 3.38. The van der Waals surface area contributed by atoms with Gasteiger partial charge in [0.1, 0.15) is 0 Å². The highest BCUT2D eigenvalue weighted by Crippen LogP contribution is 2.55. The number of nitrogens with zero attached hydrogens (tertiary/aromatic N) is 1. The third kappa shape index (κ3) is 2.08. The number of hydrogen-bond donors (Lipinski definition) is 0. The molecule has 1 aromatic rings. The van der Waals surface area contributed by atoms with E-state index in [1.165, 1.54) is 29.7 Å². The summed E-state index contributed by atoms with van der Waals surface area (Å²) in [4.78, 5) is 14.3. The van der Waals surface area contributed by atoms with Gasteiger partial charge in [-0.15, -0.1) is 0 Å². The molecule has 5 rings (SSSR count). The number of carbonyl (C=O) groups excluding carboxylic acids is 1. The Kier molecular flexibility index (Phi) is 3.34. The van der Waals surface area contributed by atoms with Crippen molar-refractivity contribution in [3.8, 4) is 0 Å².